The van der Waals surface area contributed by atoms with Crippen LogP contribution in [0.5, 0.6) is 0 Å². The van der Waals surface area contributed by atoms with Gasteiger partial charge in [0.25, 0.3) is 0 Å². The summed E-state index contributed by atoms with van der Waals surface area (Å²) < 4.78 is 25.7. The molecule has 0 saturated carbocycles. The van der Waals surface area contributed by atoms with Crippen LogP contribution in [0, 0.1) is 0 Å². The Kier molecular flexibility index (Phi) is 7.46. The van der Waals surface area contributed by atoms with Crippen molar-refractivity contribution < 1.29 is 8.42 Å². The number of guanidine groups is 1. The van der Waals surface area contributed by atoms with Crippen LogP contribution in [0.2, 0.25) is 0 Å². The Morgan fingerprint density at radius 2 is 1.92 bits per heavy atom. The molecule has 0 aliphatic heterocycles. The van der Waals surface area contributed by atoms with Crippen LogP contribution in [0.4, 0.5) is 0 Å². The van der Waals surface area contributed by atoms with Crippen molar-refractivity contribution in [3.63, 3.8) is 0 Å². The molecule has 138 valence electrons. The van der Waals surface area contributed by atoms with Gasteiger partial charge in [-0.1, -0.05) is 23.8 Å². The summed E-state index contributed by atoms with van der Waals surface area (Å²) >= 11 is 0. The van der Waals surface area contributed by atoms with E-state index in [1.165, 1.54) is 38.3 Å². The van der Waals surface area contributed by atoms with Crippen molar-refractivity contribution in [3.05, 3.63) is 41.5 Å². The summed E-state index contributed by atoms with van der Waals surface area (Å²) in [5, 5.41) is 6.57. The first-order chi connectivity index (χ1) is 12.0. The van der Waals surface area contributed by atoms with E-state index < -0.39 is 10.0 Å². The van der Waals surface area contributed by atoms with Gasteiger partial charge in [-0.15, -0.1) is 0 Å². The van der Waals surface area contributed by atoms with Crippen molar-refractivity contribution in [3.8, 4) is 0 Å². The van der Waals surface area contributed by atoms with Gasteiger partial charge >= 0.3 is 0 Å². The predicted molar refractivity (Wildman–Crippen MR) is 102 cm³/mol. The summed E-state index contributed by atoms with van der Waals surface area (Å²) in [4.78, 5) is 4.49. The minimum Gasteiger partial charge on any atom is -0.356 e. The van der Waals surface area contributed by atoms with E-state index in [1.54, 1.807) is 31.3 Å². The number of hydrogen-bond acceptors (Lipinski definition) is 3. The summed E-state index contributed by atoms with van der Waals surface area (Å²) in [7, 11) is -0.231. The normalized spacial score (nSPS) is 15.6. The molecule has 0 aromatic heterocycles. The van der Waals surface area contributed by atoms with E-state index in [4.69, 9.17) is 0 Å². The van der Waals surface area contributed by atoms with Gasteiger partial charge in [0, 0.05) is 20.1 Å². The number of benzene rings is 1. The zero-order chi connectivity index (χ0) is 18.1. The van der Waals surface area contributed by atoms with Crippen molar-refractivity contribution in [2.75, 3.05) is 20.6 Å². The zero-order valence-corrected chi connectivity index (χ0v) is 15.8. The SMILES string of the molecule is CN=C(NCCC1=CCCCC1)NCc1ccc(S(=O)(=O)NC)cc1. The van der Waals surface area contributed by atoms with Gasteiger partial charge in [-0.05, 0) is 56.8 Å². The lowest BCUT2D eigenvalue weighted by atomic mass is 9.97. The van der Waals surface area contributed by atoms with Gasteiger partial charge in [-0.3, -0.25) is 4.99 Å². The molecule has 6 nitrogen and oxygen atoms in total. The van der Waals surface area contributed by atoms with Gasteiger partial charge in [0.05, 0.1) is 4.90 Å². The third-order valence-corrected chi connectivity index (χ3v) is 5.74. The van der Waals surface area contributed by atoms with Crippen LogP contribution in [0.25, 0.3) is 0 Å². The molecular formula is C18H28N4O2S. The minimum atomic E-state index is -3.39. The van der Waals surface area contributed by atoms with E-state index in [-0.39, 0.29) is 4.90 Å². The molecule has 1 aliphatic rings. The number of rotatable bonds is 7. The second kappa shape index (κ2) is 9.58. The number of sulfonamides is 1. The van der Waals surface area contributed by atoms with E-state index in [2.05, 4.69) is 26.4 Å². The average Bonchev–Trinajstić information content (AvgIpc) is 2.65. The predicted octanol–water partition coefficient (Wildman–Crippen LogP) is 2.15. The second-order valence-electron chi connectivity index (χ2n) is 6.06. The smallest absolute Gasteiger partial charge is 0.240 e. The summed E-state index contributed by atoms with van der Waals surface area (Å²) in [6.45, 7) is 1.45. The highest BCUT2D eigenvalue weighted by Crippen LogP contribution is 2.19. The fourth-order valence-electron chi connectivity index (χ4n) is 2.78. The van der Waals surface area contributed by atoms with Gasteiger partial charge < -0.3 is 10.6 Å². The van der Waals surface area contributed by atoms with E-state index in [0.717, 1.165) is 24.5 Å². The summed E-state index contributed by atoms with van der Waals surface area (Å²) in [5.74, 6) is 0.753. The lowest BCUT2D eigenvalue weighted by Crippen LogP contribution is -2.37. The van der Waals surface area contributed by atoms with Crippen LogP contribution >= 0.6 is 0 Å². The van der Waals surface area contributed by atoms with Crippen molar-refractivity contribution in [1.29, 1.82) is 0 Å². The maximum Gasteiger partial charge on any atom is 0.240 e. The largest absolute Gasteiger partial charge is 0.356 e. The van der Waals surface area contributed by atoms with Crippen molar-refractivity contribution in [1.82, 2.24) is 15.4 Å². The van der Waals surface area contributed by atoms with Gasteiger partial charge in [-0.25, -0.2) is 13.1 Å². The molecule has 0 heterocycles. The molecule has 0 bridgehead atoms. The molecule has 0 saturated heterocycles. The topological polar surface area (TPSA) is 82.6 Å². The number of nitrogens with zero attached hydrogens (tertiary/aromatic N) is 1. The number of aliphatic imine (C=N–C) groups is 1. The Labute approximate surface area is 150 Å². The third-order valence-electron chi connectivity index (χ3n) is 4.31. The summed E-state index contributed by atoms with van der Waals surface area (Å²) in [6, 6.07) is 6.82. The van der Waals surface area contributed by atoms with Crippen molar-refractivity contribution in [2.45, 2.75) is 43.5 Å². The molecule has 0 unspecified atom stereocenters. The Balaban J connectivity index is 1.79. The number of hydrogen-bond donors (Lipinski definition) is 3. The van der Waals surface area contributed by atoms with Crippen LogP contribution in [0.15, 0.2) is 45.8 Å². The fourth-order valence-corrected chi connectivity index (χ4v) is 3.51. The second-order valence-corrected chi connectivity index (χ2v) is 7.95. The average molecular weight is 365 g/mol. The van der Waals surface area contributed by atoms with Gasteiger partial charge in [-0.2, -0.15) is 0 Å². The van der Waals surface area contributed by atoms with Crippen molar-refractivity contribution >= 4 is 16.0 Å². The lowest BCUT2D eigenvalue weighted by molar-refractivity contribution is 0.588. The lowest BCUT2D eigenvalue weighted by Gasteiger charge is -2.15. The Morgan fingerprint density at radius 1 is 1.16 bits per heavy atom. The highest BCUT2D eigenvalue weighted by molar-refractivity contribution is 7.89. The van der Waals surface area contributed by atoms with Crippen LogP contribution < -0.4 is 15.4 Å². The quantitative estimate of drug-likeness (QED) is 0.393. The molecule has 0 atom stereocenters. The maximum absolute atomic E-state index is 11.7. The van der Waals surface area contributed by atoms with E-state index in [9.17, 15) is 8.42 Å². The van der Waals surface area contributed by atoms with Gasteiger partial charge in [0.15, 0.2) is 5.96 Å². The molecule has 0 spiro atoms. The van der Waals surface area contributed by atoms with Crippen LogP contribution in [0.3, 0.4) is 0 Å². The molecule has 0 radical (unpaired) electrons. The molecule has 1 aromatic rings. The fraction of sp³-hybridized carbons (Fsp3) is 0.500. The van der Waals surface area contributed by atoms with Crippen molar-refractivity contribution in [2.24, 2.45) is 4.99 Å². The third kappa shape index (κ3) is 6.17. The molecule has 7 heteroatoms. The molecule has 1 aromatic carbocycles. The molecule has 1 aliphatic carbocycles. The Bertz CT molecular complexity index is 709. The monoisotopic (exact) mass is 364 g/mol. The van der Waals surface area contributed by atoms with E-state index in [0.29, 0.717) is 6.54 Å². The number of nitrogens with one attached hydrogen (secondary N) is 3. The molecule has 0 fully saturated rings. The highest BCUT2D eigenvalue weighted by Gasteiger charge is 2.10. The Morgan fingerprint density at radius 3 is 2.52 bits per heavy atom. The Hall–Kier alpha value is -1.86. The first-order valence-corrected chi connectivity index (χ1v) is 10.2. The summed E-state index contributed by atoms with van der Waals surface area (Å²) in [6.07, 6.45) is 8.46. The highest BCUT2D eigenvalue weighted by atomic mass is 32.2. The minimum absolute atomic E-state index is 0.266. The zero-order valence-electron chi connectivity index (χ0n) is 15.0. The maximum atomic E-state index is 11.7. The molecular weight excluding hydrogens is 336 g/mol. The molecule has 25 heavy (non-hydrogen) atoms. The molecule has 0 amide bonds. The molecule has 3 N–H and O–H groups in total. The molecule has 2 rings (SSSR count). The standard InChI is InChI=1S/C18H28N4O2S/c1-19-18(21-13-12-15-6-4-3-5-7-15)22-14-16-8-10-17(11-9-16)25(23,24)20-2/h6,8-11,20H,3-5,7,12-14H2,1-2H3,(H2,19,21,22). The van der Waals surface area contributed by atoms with Crippen LogP contribution in [0.1, 0.15) is 37.7 Å². The van der Waals surface area contributed by atoms with Crippen LogP contribution in [-0.2, 0) is 16.6 Å². The van der Waals surface area contributed by atoms with Gasteiger partial charge in [0.2, 0.25) is 10.0 Å². The summed E-state index contributed by atoms with van der Waals surface area (Å²) in [5.41, 5.74) is 2.53. The first-order valence-electron chi connectivity index (χ1n) is 8.70. The first kappa shape index (κ1) is 19.5. The van der Waals surface area contributed by atoms with E-state index in [1.807, 2.05) is 0 Å². The van der Waals surface area contributed by atoms with Crippen LogP contribution in [-0.4, -0.2) is 35.0 Å². The van der Waals surface area contributed by atoms with Gasteiger partial charge in [0.1, 0.15) is 0 Å². The van der Waals surface area contributed by atoms with E-state index >= 15 is 0 Å². The number of allylic oxidation sites excluding steroid dienone is 1.